The van der Waals surface area contributed by atoms with E-state index in [0.717, 1.165) is 18.6 Å². The predicted octanol–water partition coefficient (Wildman–Crippen LogP) is 3.13. The van der Waals surface area contributed by atoms with Crippen LogP contribution in [0.5, 0.6) is 0 Å². The molecule has 0 amide bonds. The highest BCUT2D eigenvalue weighted by Gasteiger charge is 2.32. The highest BCUT2D eigenvalue weighted by atomic mass is 32.1. The number of nitrogen functional groups attached to an aromatic ring is 1. The van der Waals surface area contributed by atoms with Crippen molar-refractivity contribution in [3.8, 4) is 0 Å². The summed E-state index contributed by atoms with van der Waals surface area (Å²) in [7, 11) is 1.70. The van der Waals surface area contributed by atoms with Gasteiger partial charge in [0.05, 0.1) is 5.56 Å². The number of anilines is 2. The maximum absolute atomic E-state index is 12.8. The molecule has 2 aromatic rings. The fourth-order valence-corrected chi connectivity index (χ4v) is 2.49. The van der Waals surface area contributed by atoms with Crippen molar-refractivity contribution in [1.82, 2.24) is 4.98 Å². The van der Waals surface area contributed by atoms with Gasteiger partial charge in [0, 0.05) is 18.5 Å². The molecule has 0 aliphatic carbocycles. The quantitative estimate of drug-likeness (QED) is 0.657. The van der Waals surface area contributed by atoms with E-state index in [0.29, 0.717) is 6.54 Å². The zero-order valence-electron chi connectivity index (χ0n) is 11.3. The van der Waals surface area contributed by atoms with Gasteiger partial charge in [-0.25, -0.2) is 10.8 Å². The van der Waals surface area contributed by atoms with Gasteiger partial charge in [-0.1, -0.05) is 6.07 Å². The number of hydrazine groups is 1. The predicted molar refractivity (Wildman–Crippen MR) is 78.3 cm³/mol. The summed E-state index contributed by atoms with van der Waals surface area (Å²) in [5.41, 5.74) is 1.39. The van der Waals surface area contributed by atoms with Crippen molar-refractivity contribution in [2.75, 3.05) is 23.9 Å². The molecule has 21 heavy (non-hydrogen) atoms. The van der Waals surface area contributed by atoms with Gasteiger partial charge in [0.2, 0.25) is 0 Å². The van der Waals surface area contributed by atoms with E-state index >= 15 is 0 Å². The van der Waals surface area contributed by atoms with Crippen LogP contribution in [0.2, 0.25) is 0 Å². The van der Waals surface area contributed by atoms with Crippen LogP contribution in [0, 0.1) is 0 Å². The molecule has 0 atom stereocenters. The standard InChI is InChI=1S/C13H15F3N4S/c1-20(5-4-10-3-2-6-21-10)12-8-9(13(14,15)16)7-11(18-12)19-17/h2-3,6-8H,4-5,17H2,1H3,(H,18,19). The second-order valence-corrected chi connectivity index (χ2v) is 5.52. The highest BCUT2D eigenvalue weighted by molar-refractivity contribution is 7.09. The third-order valence-electron chi connectivity index (χ3n) is 2.95. The number of rotatable bonds is 5. The first-order chi connectivity index (χ1) is 9.90. The van der Waals surface area contributed by atoms with Crippen molar-refractivity contribution in [2.45, 2.75) is 12.6 Å². The first kappa shape index (κ1) is 15.6. The molecule has 4 nitrogen and oxygen atoms in total. The molecular formula is C13H15F3N4S. The van der Waals surface area contributed by atoms with E-state index in [9.17, 15) is 13.2 Å². The van der Waals surface area contributed by atoms with Crippen LogP contribution in [0.25, 0.3) is 0 Å². The maximum Gasteiger partial charge on any atom is 0.416 e. The maximum atomic E-state index is 12.8. The normalized spacial score (nSPS) is 11.5. The minimum absolute atomic E-state index is 0.0113. The minimum Gasteiger partial charge on any atom is -0.359 e. The summed E-state index contributed by atoms with van der Waals surface area (Å²) in [6, 6.07) is 5.84. The highest BCUT2D eigenvalue weighted by Crippen LogP contribution is 2.32. The van der Waals surface area contributed by atoms with E-state index in [4.69, 9.17) is 5.84 Å². The lowest BCUT2D eigenvalue weighted by Gasteiger charge is -2.20. The molecule has 0 saturated heterocycles. The third kappa shape index (κ3) is 4.08. The van der Waals surface area contributed by atoms with Crippen molar-refractivity contribution >= 4 is 23.0 Å². The Kier molecular flexibility index (Phi) is 4.69. The minimum atomic E-state index is -4.43. The summed E-state index contributed by atoms with van der Waals surface area (Å²) in [5, 5.41) is 1.97. The summed E-state index contributed by atoms with van der Waals surface area (Å²) in [5.74, 6) is 5.41. The molecule has 0 unspecified atom stereocenters. The molecule has 114 valence electrons. The molecule has 0 bridgehead atoms. The molecule has 2 heterocycles. The Hall–Kier alpha value is -1.80. The smallest absolute Gasteiger partial charge is 0.359 e. The summed E-state index contributed by atoms with van der Waals surface area (Å²) in [6.07, 6.45) is -3.69. The van der Waals surface area contributed by atoms with Crippen LogP contribution in [0.4, 0.5) is 24.8 Å². The van der Waals surface area contributed by atoms with Crippen LogP contribution in [0.15, 0.2) is 29.6 Å². The Morgan fingerprint density at radius 3 is 2.71 bits per heavy atom. The van der Waals surface area contributed by atoms with Gasteiger partial charge in [-0.05, 0) is 30.0 Å². The molecule has 0 fully saturated rings. The Balaban J connectivity index is 2.17. The van der Waals surface area contributed by atoms with Crippen LogP contribution in [0.3, 0.4) is 0 Å². The van der Waals surface area contributed by atoms with Crippen LogP contribution in [-0.2, 0) is 12.6 Å². The molecule has 2 rings (SSSR count). The monoisotopic (exact) mass is 316 g/mol. The Morgan fingerprint density at radius 1 is 1.38 bits per heavy atom. The number of nitrogens with two attached hydrogens (primary N) is 1. The molecule has 3 N–H and O–H groups in total. The van der Waals surface area contributed by atoms with E-state index in [1.54, 1.807) is 23.3 Å². The topological polar surface area (TPSA) is 54.2 Å². The number of thiophene rings is 1. The molecule has 0 radical (unpaired) electrons. The molecule has 0 spiro atoms. The molecule has 2 aromatic heterocycles. The largest absolute Gasteiger partial charge is 0.416 e. The van der Waals surface area contributed by atoms with Gasteiger partial charge in [-0.3, -0.25) is 0 Å². The first-order valence-electron chi connectivity index (χ1n) is 6.19. The Labute approximate surface area is 124 Å². The van der Waals surface area contributed by atoms with Gasteiger partial charge in [0.25, 0.3) is 0 Å². The van der Waals surface area contributed by atoms with Crippen molar-refractivity contribution in [3.05, 3.63) is 40.1 Å². The fraction of sp³-hybridized carbons (Fsp3) is 0.308. The number of alkyl halides is 3. The number of nitrogens with zero attached hydrogens (tertiary/aromatic N) is 2. The zero-order chi connectivity index (χ0) is 15.5. The number of hydrogen-bond donors (Lipinski definition) is 2. The van der Waals surface area contributed by atoms with E-state index < -0.39 is 11.7 Å². The summed E-state index contributed by atoms with van der Waals surface area (Å²) < 4.78 is 38.5. The molecule has 0 aromatic carbocycles. The molecule has 0 aliphatic rings. The van der Waals surface area contributed by atoms with Gasteiger partial charge in [-0.15, -0.1) is 11.3 Å². The number of likely N-dealkylation sites (N-methyl/N-ethyl adjacent to an activating group) is 1. The van der Waals surface area contributed by atoms with Gasteiger partial charge in [0.15, 0.2) is 0 Å². The SMILES string of the molecule is CN(CCc1cccs1)c1cc(C(F)(F)F)cc(NN)n1. The average Bonchev–Trinajstić information content (AvgIpc) is 2.96. The van der Waals surface area contributed by atoms with Crippen molar-refractivity contribution < 1.29 is 13.2 Å². The summed E-state index contributed by atoms with van der Waals surface area (Å²) in [6.45, 7) is 0.568. The lowest BCUT2D eigenvalue weighted by atomic mass is 10.2. The third-order valence-corrected chi connectivity index (χ3v) is 3.89. The van der Waals surface area contributed by atoms with Crippen molar-refractivity contribution in [1.29, 1.82) is 0 Å². The van der Waals surface area contributed by atoms with Gasteiger partial charge in [-0.2, -0.15) is 13.2 Å². The second kappa shape index (κ2) is 6.31. The number of aromatic nitrogens is 1. The molecular weight excluding hydrogens is 301 g/mol. The van der Waals surface area contributed by atoms with Crippen molar-refractivity contribution in [3.63, 3.8) is 0 Å². The second-order valence-electron chi connectivity index (χ2n) is 4.49. The summed E-state index contributed by atoms with van der Waals surface area (Å²) >= 11 is 1.62. The fourth-order valence-electron chi connectivity index (χ4n) is 1.80. The number of hydrogen-bond acceptors (Lipinski definition) is 5. The Morgan fingerprint density at radius 2 is 2.14 bits per heavy atom. The summed E-state index contributed by atoms with van der Waals surface area (Å²) in [4.78, 5) is 6.91. The number of halogens is 3. The molecule has 0 saturated carbocycles. The van der Waals surface area contributed by atoms with E-state index in [-0.39, 0.29) is 11.6 Å². The van der Waals surface area contributed by atoms with Gasteiger partial charge < -0.3 is 10.3 Å². The average molecular weight is 316 g/mol. The van der Waals surface area contributed by atoms with Gasteiger partial charge in [0.1, 0.15) is 11.6 Å². The lowest BCUT2D eigenvalue weighted by Crippen LogP contribution is -2.23. The molecule has 0 aliphatic heterocycles. The number of nitrogens with one attached hydrogen (secondary N) is 1. The first-order valence-corrected chi connectivity index (χ1v) is 7.07. The zero-order valence-corrected chi connectivity index (χ0v) is 12.1. The van der Waals surface area contributed by atoms with Crippen molar-refractivity contribution in [2.24, 2.45) is 5.84 Å². The number of pyridine rings is 1. The molecule has 8 heteroatoms. The van der Waals surface area contributed by atoms with Crippen LogP contribution in [-0.4, -0.2) is 18.6 Å². The van der Waals surface area contributed by atoms with E-state index in [1.807, 2.05) is 17.5 Å². The van der Waals surface area contributed by atoms with E-state index in [1.165, 1.54) is 4.88 Å². The van der Waals surface area contributed by atoms with Gasteiger partial charge >= 0.3 is 6.18 Å². The Bertz CT molecular complexity index is 584. The lowest BCUT2D eigenvalue weighted by molar-refractivity contribution is -0.137. The van der Waals surface area contributed by atoms with E-state index in [2.05, 4.69) is 10.4 Å². The van der Waals surface area contributed by atoms with Crippen LogP contribution in [0.1, 0.15) is 10.4 Å². The van der Waals surface area contributed by atoms with Crippen LogP contribution >= 0.6 is 11.3 Å². The van der Waals surface area contributed by atoms with Crippen LogP contribution < -0.4 is 16.2 Å².